The number of rotatable bonds is 6. The highest BCUT2D eigenvalue weighted by atomic mass is 31.2. The van der Waals surface area contributed by atoms with E-state index < -0.39 is 36.6 Å². The summed E-state index contributed by atoms with van der Waals surface area (Å²) >= 11 is 0. The lowest BCUT2D eigenvalue weighted by molar-refractivity contribution is -0.190. The lowest BCUT2D eigenvalue weighted by Crippen LogP contribution is -2.33. The Balaban J connectivity index is 2.57. The third-order valence-electron chi connectivity index (χ3n) is 3.78. The minimum absolute atomic E-state index is 0.00633. The maximum atomic E-state index is 11.1. The van der Waals surface area contributed by atoms with Gasteiger partial charge < -0.3 is 24.9 Å². The molecule has 2 aromatic rings. The van der Waals surface area contributed by atoms with Crippen molar-refractivity contribution in [3.63, 3.8) is 0 Å². The monoisotopic (exact) mass is 370 g/mol. The molecule has 0 aliphatic rings. The van der Waals surface area contributed by atoms with E-state index in [0.717, 1.165) is 12.1 Å². The molecule has 0 aliphatic carbocycles. The van der Waals surface area contributed by atoms with E-state index in [1.54, 1.807) is 6.92 Å². The van der Waals surface area contributed by atoms with Gasteiger partial charge in [-0.15, -0.1) is 0 Å². The average molecular weight is 370 g/mol. The molecule has 0 aromatic heterocycles. The molecule has 8 nitrogen and oxygen atoms in total. The largest absolute Gasteiger partial charge is 0.524 e. The quantitative estimate of drug-likeness (QED) is 0.334. The van der Waals surface area contributed by atoms with Crippen LogP contribution in [0.3, 0.4) is 0 Å². The fraction of sp³-hybridized carbons (Fsp3) is 0.250. The molecule has 1 atom stereocenters. The van der Waals surface area contributed by atoms with Gasteiger partial charge in [0.25, 0.3) is 0 Å². The van der Waals surface area contributed by atoms with E-state index in [9.17, 15) is 25.0 Å². The van der Waals surface area contributed by atoms with Crippen LogP contribution in [0, 0.1) is 0 Å². The van der Waals surface area contributed by atoms with Crippen molar-refractivity contribution in [1.82, 2.24) is 0 Å². The molecule has 0 saturated heterocycles. The smallest absolute Gasteiger partial charge is 0.508 e. The molecule has 1 unspecified atom stereocenters. The Morgan fingerprint density at radius 3 is 2.20 bits per heavy atom. The van der Waals surface area contributed by atoms with Crippen LogP contribution in [0.15, 0.2) is 42.5 Å². The number of benzene rings is 2. The zero-order chi connectivity index (χ0) is 18.8. The maximum Gasteiger partial charge on any atom is 0.524 e. The Hall–Kier alpha value is -2.09. The second-order valence-electron chi connectivity index (χ2n) is 5.51. The molecule has 0 heterocycles. The second kappa shape index (κ2) is 7.03. The first-order chi connectivity index (χ1) is 11.6. The lowest BCUT2D eigenvalue weighted by atomic mass is 9.83. The summed E-state index contributed by atoms with van der Waals surface area (Å²) < 4.78 is 15.6. The predicted octanol–water partition coefficient (Wildman–Crippen LogP) is 1.90. The SMILES string of the molecule is CCC(c1ccc(O)cc1)C(O)(O)c1c(O)cccc1OP(=O)(O)O. The molecule has 0 spiro atoms. The summed E-state index contributed by atoms with van der Waals surface area (Å²) in [7, 11) is -4.99. The molecule has 0 bridgehead atoms. The molecule has 0 aliphatic heterocycles. The van der Waals surface area contributed by atoms with E-state index in [-0.39, 0.29) is 12.2 Å². The zero-order valence-corrected chi connectivity index (χ0v) is 14.2. The molecule has 0 radical (unpaired) electrons. The van der Waals surface area contributed by atoms with Crippen LogP contribution >= 0.6 is 7.82 Å². The van der Waals surface area contributed by atoms with E-state index in [4.69, 9.17) is 9.79 Å². The minimum Gasteiger partial charge on any atom is -0.508 e. The molecule has 0 saturated carbocycles. The van der Waals surface area contributed by atoms with Crippen LogP contribution in [0.5, 0.6) is 17.2 Å². The van der Waals surface area contributed by atoms with Crippen LogP contribution < -0.4 is 4.52 Å². The predicted molar refractivity (Wildman–Crippen MR) is 88.0 cm³/mol. The van der Waals surface area contributed by atoms with Gasteiger partial charge in [-0.2, -0.15) is 0 Å². The molecular weight excluding hydrogens is 351 g/mol. The van der Waals surface area contributed by atoms with Crippen molar-refractivity contribution >= 4 is 7.82 Å². The van der Waals surface area contributed by atoms with E-state index in [1.165, 1.54) is 30.3 Å². The Labute approximate surface area is 143 Å². The number of phenolic OH excluding ortho intramolecular Hbond substituents is 2. The molecule has 0 amide bonds. The topological polar surface area (TPSA) is 148 Å². The molecule has 2 aromatic carbocycles. The summed E-state index contributed by atoms with van der Waals surface area (Å²) in [5.74, 6) is -4.81. The number of aliphatic hydroxyl groups is 2. The normalized spacial score (nSPS) is 13.5. The maximum absolute atomic E-state index is 11.1. The minimum atomic E-state index is -4.99. The second-order valence-corrected chi connectivity index (χ2v) is 6.67. The van der Waals surface area contributed by atoms with Crippen LogP contribution in [0.25, 0.3) is 0 Å². The fourth-order valence-electron chi connectivity index (χ4n) is 2.73. The van der Waals surface area contributed by atoms with Crippen molar-refractivity contribution in [2.75, 3.05) is 0 Å². The van der Waals surface area contributed by atoms with Crippen molar-refractivity contribution in [2.24, 2.45) is 0 Å². The van der Waals surface area contributed by atoms with E-state index >= 15 is 0 Å². The Morgan fingerprint density at radius 1 is 1.08 bits per heavy atom. The molecule has 9 heteroatoms. The fourth-order valence-corrected chi connectivity index (χ4v) is 3.14. The first kappa shape index (κ1) is 19.2. The summed E-state index contributed by atoms with van der Waals surface area (Å²) in [6, 6.07) is 9.20. The highest BCUT2D eigenvalue weighted by molar-refractivity contribution is 7.46. The summed E-state index contributed by atoms with van der Waals surface area (Å²) in [5.41, 5.74) is -0.117. The van der Waals surface area contributed by atoms with Crippen molar-refractivity contribution in [1.29, 1.82) is 0 Å². The number of aromatic hydroxyl groups is 2. The third-order valence-corrected chi connectivity index (χ3v) is 4.21. The molecule has 136 valence electrons. The lowest BCUT2D eigenvalue weighted by Gasteiger charge is -2.33. The highest BCUT2D eigenvalue weighted by Crippen LogP contribution is 2.48. The van der Waals surface area contributed by atoms with Crippen LogP contribution in [-0.4, -0.2) is 30.2 Å². The van der Waals surface area contributed by atoms with Crippen molar-refractivity contribution in [3.8, 4) is 17.2 Å². The van der Waals surface area contributed by atoms with Crippen molar-refractivity contribution in [2.45, 2.75) is 25.0 Å². The summed E-state index contributed by atoms with van der Waals surface area (Å²) in [6.45, 7) is 1.67. The molecule has 0 fully saturated rings. The van der Waals surface area contributed by atoms with Gasteiger partial charge in [0.15, 0.2) is 0 Å². The van der Waals surface area contributed by atoms with Crippen LogP contribution in [0.1, 0.15) is 30.4 Å². The standard InChI is InChI=1S/C16H19O8P/c1-2-12(10-6-8-11(17)9-7-10)16(19,20)15-13(18)4-3-5-14(15)24-25(21,22)23/h3-9,12,17-20H,2H2,1H3,(H2,21,22,23). The van der Waals surface area contributed by atoms with E-state index in [2.05, 4.69) is 4.52 Å². The van der Waals surface area contributed by atoms with Crippen LogP contribution in [-0.2, 0) is 10.4 Å². The Morgan fingerprint density at radius 2 is 1.68 bits per heavy atom. The van der Waals surface area contributed by atoms with Gasteiger partial charge in [-0.05, 0) is 36.2 Å². The highest BCUT2D eigenvalue weighted by Gasteiger charge is 2.42. The summed E-state index contributed by atoms with van der Waals surface area (Å²) in [6.07, 6.45) is 0.210. The number of phenols is 2. The molecular formula is C16H19O8P. The van der Waals surface area contributed by atoms with Crippen molar-refractivity contribution in [3.05, 3.63) is 53.6 Å². The van der Waals surface area contributed by atoms with Gasteiger partial charge in [-0.3, -0.25) is 9.79 Å². The number of phosphoric ester groups is 1. The van der Waals surface area contributed by atoms with Crippen LogP contribution in [0.2, 0.25) is 0 Å². The van der Waals surface area contributed by atoms with Crippen molar-refractivity contribution < 1.29 is 39.3 Å². The molecule has 2 rings (SSSR count). The molecule has 6 N–H and O–H groups in total. The first-order valence-corrected chi connectivity index (χ1v) is 8.90. The summed E-state index contributed by atoms with van der Waals surface area (Å²) in [4.78, 5) is 18.0. The average Bonchev–Trinajstić information content (AvgIpc) is 2.47. The van der Waals surface area contributed by atoms with Gasteiger partial charge in [0.1, 0.15) is 17.2 Å². The van der Waals surface area contributed by atoms with Gasteiger partial charge in [0.05, 0.1) is 5.56 Å². The summed E-state index contributed by atoms with van der Waals surface area (Å²) in [5, 5.41) is 40.9. The van der Waals surface area contributed by atoms with Gasteiger partial charge in [0, 0.05) is 5.92 Å². The number of hydrogen-bond donors (Lipinski definition) is 6. The number of phosphoric acid groups is 1. The van der Waals surface area contributed by atoms with Crippen LogP contribution in [0.4, 0.5) is 0 Å². The van der Waals surface area contributed by atoms with Gasteiger partial charge in [-0.25, -0.2) is 4.57 Å². The Kier molecular flexibility index (Phi) is 5.41. The van der Waals surface area contributed by atoms with Gasteiger partial charge in [-0.1, -0.05) is 25.1 Å². The Bertz CT molecular complexity index is 781. The molecule has 25 heavy (non-hydrogen) atoms. The zero-order valence-electron chi connectivity index (χ0n) is 13.3. The van der Waals surface area contributed by atoms with E-state index in [0.29, 0.717) is 5.56 Å². The van der Waals surface area contributed by atoms with Gasteiger partial charge >= 0.3 is 7.82 Å². The van der Waals surface area contributed by atoms with E-state index in [1.807, 2.05) is 0 Å². The number of hydrogen-bond acceptors (Lipinski definition) is 6. The van der Waals surface area contributed by atoms with Gasteiger partial charge in [0.2, 0.25) is 5.79 Å². The third kappa shape index (κ3) is 4.31. The first-order valence-electron chi connectivity index (χ1n) is 7.37.